The summed E-state index contributed by atoms with van der Waals surface area (Å²) in [5, 5.41) is 7.78. The maximum atomic E-state index is 13.4. The molecular weight excluding hydrogens is 456 g/mol. The van der Waals surface area contributed by atoms with Crippen LogP contribution in [0.25, 0.3) is 5.69 Å². The molecule has 2 amide bonds. The van der Waals surface area contributed by atoms with Crippen molar-refractivity contribution < 1.29 is 19.1 Å². The van der Waals surface area contributed by atoms with E-state index in [1.807, 2.05) is 44.2 Å². The van der Waals surface area contributed by atoms with E-state index in [-0.39, 0.29) is 23.8 Å². The number of nitrogens with one attached hydrogen (secondary N) is 1. The van der Waals surface area contributed by atoms with Crippen LogP contribution in [0.5, 0.6) is 11.5 Å². The lowest BCUT2D eigenvalue weighted by atomic mass is 9.92. The van der Waals surface area contributed by atoms with Gasteiger partial charge in [-0.25, -0.2) is 4.68 Å². The number of aryl methyl sites for hydroxylation is 1. The number of aromatic nitrogens is 2. The molecule has 0 aliphatic heterocycles. The van der Waals surface area contributed by atoms with Crippen LogP contribution in [0.4, 0.5) is 5.82 Å². The van der Waals surface area contributed by atoms with Crippen LogP contribution in [0.2, 0.25) is 0 Å². The Labute approximate surface area is 213 Å². The van der Waals surface area contributed by atoms with Crippen LogP contribution in [-0.4, -0.2) is 53.8 Å². The Morgan fingerprint density at radius 3 is 2.39 bits per heavy atom. The molecule has 8 heteroatoms. The Morgan fingerprint density at radius 1 is 1.06 bits per heavy atom. The van der Waals surface area contributed by atoms with Gasteiger partial charge >= 0.3 is 0 Å². The molecule has 0 saturated heterocycles. The van der Waals surface area contributed by atoms with E-state index in [2.05, 4.69) is 26.1 Å². The minimum Gasteiger partial charge on any atom is -0.497 e. The number of para-hydroxylation sites is 1. The number of carbonyl (C=O) groups is 2. The summed E-state index contributed by atoms with van der Waals surface area (Å²) in [5.74, 6) is 0.953. The topological polar surface area (TPSA) is 85.7 Å². The molecule has 1 aromatic heterocycles. The lowest BCUT2D eigenvalue weighted by molar-refractivity contribution is -0.116. The molecule has 1 N–H and O–H groups in total. The van der Waals surface area contributed by atoms with Crippen LogP contribution in [-0.2, 0) is 10.2 Å². The van der Waals surface area contributed by atoms with Crippen LogP contribution in [0.15, 0.2) is 48.5 Å². The molecule has 0 saturated carbocycles. The first-order valence-electron chi connectivity index (χ1n) is 12.1. The molecule has 192 valence electrons. The summed E-state index contributed by atoms with van der Waals surface area (Å²) in [6, 6.07) is 14.8. The molecule has 2 aromatic carbocycles. The number of ether oxygens (including phenoxy) is 2. The van der Waals surface area contributed by atoms with Crippen LogP contribution < -0.4 is 14.8 Å². The number of amides is 2. The summed E-state index contributed by atoms with van der Waals surface area (Å²) in [7, 11) is 3.05. The van der Waals surface area contributed by atoms with Crippen LogP contribution in [0.1, 0.15) is 55.7 Å². The van der Waals surface area contributed by atoms with Crippen molar-refractivity contribution in [3.05, 3.63) is 65.4 Å². The number of anilines is 1. The molecule has 0 fully saturated rings. The highest BCUT2D eigenvalue weighted by Gasteiger charge is 2.25. The van der Waals surface area contributed by atoms with E-state index in [9.17, 15) is 9.59 Å². The molecule has 0 aliphatic carbocycles. The van der Waals surface area contributed by atoms with Gasteiger partial charge in [0.15, 0.2) is 0 Å². The predicted molar refractivity (Wildman–Crippen MR) is 141 cm³/mol. The van der Waals surface area contributed by atoms with Crippen molar-refractivity contribution in [2.75, 3.05) is 32.6 Å². The Balaban J connectivity index is 1.88. The van der Waals surface area contributed by atoms with Gasteiger partial charge in [-0.3, -0.25) is 9.59 Å². The highest BCUT2D eigenvalue weighted by molar-refractivity contribution is 6.01. The second kappa shape index (κ2) is 11.3. The van der Waals surface area contributed by atoms with Crippen molar-refractivity contribution in [2.24, 2.45) is 0 Å². The Hall–Kier alpha value is -3.81. The van der Waals surface area contributed by atoms with E-state index in [0.29, 0.717) is 35.8 Å². The monoisotopic (exact) mass is 492 g/mol. The molecule has 36 heavy (non-hydrogen) atoms. The zero-order chi connectivity index (χ0) is 26.5. The zero-order valence-electron chi connectivity index (χ0n) is 22.2. The number of hydrogen-bond acceptors (Lipinski definition) is 5. The number of carbonyl (C=O) groups excluding carboxylic acids is 2. The summed E-state index contributed by atoms with van der Waals surface area (Å²) in [4.78, 5) is 28.1. The number of methoxy groups -OCH3 is 2. The third-order valence-corrected chi connectivity index (χ3v) is 5.84. The molecule has 1 heterocycles. The maximum Gasteiger partial charge on any atom is 0.258 e. The first kappa shape index (κ1) is 26.8. The van der Waals surface area contributed by atoms with Crippen molar-refractivity contribution >= 4 is 17.6 Å². The fourth-order valence-electron chi connectivity index (χ4n) is 3.84. The van der Waals surface area contributed by atoms with Gasteiger partial charge in [-0.2, -0.15) is 5.10 Å². The van der Waals surface area contributed by atoms with Crippen LogP contribution in [0, 0.1) is 6.92 Å². The van der Waals surface area contributed by atoms with Crippen molar-refractivity contribution in [2.45, 2.75) is 46.5 Å². The number of hydrogen-bond donors (Lipinski definition) is 1. The summed E-state index contributed by atoms with van der Waals surface area (Å²) in [5.41, 5.74) is 2.94. The molecule has 8 nitrogen and oxygen atoms in total. The van der Waals surface area contributed by atoms with E-state index in [4.69, 9.17) is 14.6 Å². The van der Waals surface area contributed by atoms with Gasteiger partial charge in [-0.1, -0.05) is 45.9 Å². The molecule has 0 unspecified atom stereocenters. The summed E-state index contributed by atoms with van der Waals surface area (Å²) < 4.78 is 12.4. The quantitative estimate of drug-likeness (QED) is 0.455. The highest BCUT2D eigenvalue weighted by atomic mass is 16.5. The molecule has 3 aromatic rings. The predicted octanol–water partition coefficient (Wildman–Crippen LogP) is 4.99. The van der Waals surface area contributed by atoms with Gasteiger partial charge in [0.1, 0.15) is 23.9 Å². The molecule has 0 spiro atoms. The van der Waals surface area contributed by atoms with E-state index in [0.717, 1.165) is 16.9 Å². The fourth-order valence-corrected chi connectivity index (χ4v) is 3.84. The van der Waals surface area contributed by atoms with Gasteiger partial charge in [0.05, 0.1) is 31.2 Å². The first-order valence-corrected chi connectivity index (χ1v) is 12.1. The minimum atomic E-state index is -0.306. The van der Waals surface area contributed by atoms with Gasteiger partial charge < -0.3 is 19.7 Å². The Kier molecular flexibility index (Phi) is 8.40. The average Bonchev–Trinajstić information content (AvgIpc) is 3.27. The average molecular weight is 493 g/mol. The Bertz CT molecular complexity index is 1230. The van der Waals surface area contributed by atoms with E-state index in [1.165, 1.54) is 12.0 Å². The molecule has 3 rings (SSSR count). The van der Waals surface area contributed by atoms with Crippen LogP contribution >= 0.6 is 0 Å². The highest BCUT2D eigenvalue weighted by Crippen LogP contribution is 2.28. The fraction of sp³-hybridized carbons (Fsp3) is 0.393. The third kappa shape index (κ3) is 6.05. The molecule has 0 aliphatic rings. The number of nitrogens with zero attached hydrogens (tertiary/aromatic N) is 3. The smallest absolute Gasteiger partial charge is 0.258 e. The molecule has 0 bridgehead atoms. The molecule has 0 atom stereocenters. The largest absolute Gasteiger partial charge is 0.497 e. The second-order valence-corrected chi connectivity index (χ2v) is 9.70. The lowest BCUT2D eigenvalue weighted by Crippen LogP contribution is -2.39. The Morgan fingerprint density at radius 2 is 1.78 bits per heavy atom. The summed E-state index contributed by atoms with van der Waals surface area (Å²) >= 11 is 0. The summed E-state index contributed by atoms with van der Waals surface area (Å²) in [6.07, 6.45) is 0.701. The summed E-state index contributed by atoms with van der Waals surface area (Å²) in [6.45, 7) is 10.5. The van der Waals surface area contributed by atoms with E-state index < -0.39 is 0 Å². The van der Waals surface area contributed by atoms with Crippen molar-refractivity contribution in [1.82, 2.24) is 14.7 Å². The van der Waals surface area contributed by atoms with E-state index in [1.54, 1.807) is 30.0 Å². The van der Waals surface area contributed by atoms with Crippen molar-refractivity contribution in [3.8, 4) is 17.2 Å². The van der Waals surface area contributed by atoms with Gasteiger partial charge in [0.25, 0.3) is 5.91 Å². The minimum absolute atomic E-state index is 0.105. The molecule has 0 radical (unpaired) electrons. The number of benzene rings is 2. The normalized spacial score (nSPS) is 11.2. The van der Waals surface area contributed by atoms with Crippen molar-refractivity contribution in [3.63, 3.8) is 0 Å². The van der Waals surface area contributed by atoms with Gasteiger partial charge in [-0.15, -0.1) is 0 Å². The third-order valence-electron chi connectivity index (χ3n) is 5.84. The molecular formula is C28H36N4O4. The maximum absolute atomic E-state index is 13.4. The van der Waals surface area contributed by atoms with Gasteiger partial charge in [0.2, 0.25) is 5.91 Å². The lowest BCUT2D eigenvalue weighted by Gasteiger charge is -2.23. The van der Waals surface area contributed by atoms with Gasteiger partial charge in [0, 0.05) is 24.1 Å². The SMILES string of the molecule is CCCN(CC(=O)Nc1cc(C(C)(C)C)nn1-c1ccccc1C)C(=O)c1ccc(OC)cc1OC. The zero-order valence-corrected chi connectivity index (χ0v) is 22.2. The van der Waals surface area contributed by atoms with E-state index >= 15 is 0 Å². The standard InChI is InChI=1S/C28H36N4O4/c1-8-15-31(27(34)21-14-13-20(35-6)16-23(21)36-7)18-26(33)29-25-17-24(28(3,4)5)30-32(25)22-12-10-9-11-19(22)2/h9-14,16-17H,8,15,18H2,1-7H3,(H,29,33). The van der Waals surface area contributed by atoms with Crippen molar-refractivity contribution in [1.29, 1.82) is 0 Å². The van der Waals surface area contributed by atoms with Gasteiger partial charge in [-0.05, 0) is 37.1 Å². The first-order chi connectivity index (χ1) is 17.1. The van der Waals surface area contributed by atoms with Crippen LogP contribution in [0.3, 0.4) is 0 Å². The second-order valence-electron chi connectivity index (χ2n) is 9.70. The number of rotatable bonds is 9.